The molecule has 0 bridgehead atoms. The van der Waals surface area contributed by atoms with E-state index in [4.69, 9.17) is 4.74 Å². The van der Waals surface area contributed by atoms with Gasteiger partial charge in [-0.3, -0.25) is 4.79 Å². The first-order chi connectivity index (χ1) is 12.5. The Balaban J connectivity index is 1.68. The summed E-state index contributed by atoms with van der Waals surface area (Å²) in [6.45, 7) is 8.19. The molecule has 0 aliphatic carbocycles. The Kier molecular flexibility index (Phi) is 8.08. The number of benzene rings is 1. The molecule has 1 aromatic carbocycles. The average Bonchev–Trinajstić information content (AvgIpc) is 2.62. The van der Waals surface area contributed by atoms with Crippen molar-refractivity contribution in [3.05, 3.63) is 35.7 Å². The van der Waals surface area contributed by atoms with Crippen LogP contribution in [0.1, 0.15) is 38.1 Å². The third-order valence-corrected chi connectivity index (χ3v) is 3.78. The van der Waals surface area contributed by atoms with Crippen LogP contribution in [0, 0.1) is 12.8 Å². The molecule has 1 N–H and O–H groups in total. The highest BCUT2D eigenvalue weighted by Gasteiger charge is 2.06. The molecule has 0 aliphatic rings. The van der Waals surface area contributed by atoms with Gasteiger partial charge in [0, 0.05) is 25.3 Å². The molecule has 26 heavy (non-hydrogen) atoms. The number of nitrogens with one attached hydrogen (secondary N) is 1. The lowest BCUT2D eigenvalue weighted by Gasteiger charge is -2.08. The number of hydrogen-bond acceptors (Lipinski definition) is 6. The molecule has 0 saturated carbocycles. The van der Waals surface area contributed by atoms with Gasteiger partial charge in [-0.05, 0) is 31.2 Å². The van der Waals surface area contributed by atoms with Crippen LogP contribution in [0.5, 0.6) is 0 Å². The van der Waals surface area contributed by atoms with E-state index >= 15 is 0 Å². The lowest BCUT2D eigenvalue weighted by molar-refractivity contribution is -0.120. The van der Waals surface area contributed by atoms with Crippen molar-refractivity contribution in [3.63, 3.8) is 0 Å². The Bertz CT molecular complexity index is 671. The largest absolute Gasteiger partial charge is 0.381 e. The zero-order chi connectivity index (χ0) is 18.8. The number of hydrogen-bond donors (Lipinski definition) is 1. The van der Waals surface area contributed by atoms with Crippen molar-refractivity contribution in [3.8, 4) is 11.4 Å². The molecule has 0 radical (unpaired) electrons. The van der Waals surface area contributed by atoms with Crippen LogP contribution in [0.25, 0.3) is 11.4 Å². The van der Waals surface area contributed by atoms with Gasteiger partial charge in [-0.25, -0.2) is 0 Å². The molecule has 0 fully saturated rings. The molecular weight excluding hydrogens is 330 g/mol. The summed E-state index contributed by atoms with van der Waals surface area (Å²) in [7, 11) is 0. The van der Waals surface area contributed by atoms with E-state index < -0.39 is 0 Å². The molecule has 0 unspecified atom stereocenters. The van der Waals surface area contributed by atoms with Gasteiger partial charge in [0.1, 0.15) is 0 Å². The second-order valence-corrected chi connectivity index (χ2v) is 6.64. The van der Waals surface area contributed by atoms with E-state index in [1.807, 2.05) is 24.3 Å². The Hall–Kier alpha value is -2.41. The van der Waals surface area contributed by atoms with Crippen LogP contribution in [0.15, 0.2) is 24.3 Å². The standard InChI is InChI=1S/C19H27N5O2/c1-14(2)9-12-26-11-4-10-20-18(25)13-16-5-7-17(8-6-16)19-23-21-15(3)22-24-19/h5-8,14H,4,9-13H2,1-3H3,(H,20,25). The third kappa shape index (κ3) is 7.23. The summed E-state index contributed by atoms with van der Waals surface area (Å²) in [6, 6.07) is 7.54. The van der Waals surface area contributed by atoms with Gasteiger partial charge in [-0.2, -0.15) is 0 Å². The molecule has 7 nitrogen and oxygen atoms in total. The Labute approximate surface area is 154 Å². The first-order valence-electron chi connectivity index (χ1n) is 9.02. The van der Waals surface area contributed by atoms with Crippen molar-refractivity contribution in [2.24, 2.45) is 5.92 Å². The third-order valence-electron chi connectivity index (χ3n) is 3.78. The molecule has 1 aromatic heterocycles. The second-order valence-electron chi connectivity index (χ2n) is 6.64. The first-order valence-corrected chi connectivity index (χ1v) is 9.02. The summed E-state index contributed by atoms with van der Waals surface area (Å²) in [5.74, 6) is 1.68. The lowest BCUT2D eigenvalue weighted by Crippen LogP contribution is -2.26. The Morgan fingerprint density at radius 1 is 1.08 bits per heavy atom. The lowest BCUT2D eigenvalue weighted by atomic mass is 10.1. The van der Waals surface area contributed by atoms with Crippen molar-refractivity contribution in [2.75, 3.05) is 19.8 Å². The van der Waals surface area contributed by atoms with E-state index in [2.05, 4.69) is 39.6 Å². The molecule has 7 heteroatoms. The van der Waals surface area contributed by atoms with E-state index in [9.17, 15) is 4.79 Å². The van der Waals surface area contributed by atoms with Gasteiger partial charge in [-0.15, -0.1) is 20.4 Å². The van der Waals surface area contributed by atoms with Crippen molar-refractivity contribution < 1.29 is 9.53 Å². The number of nitrogens with zero attached hydrogens (tertiary/aromatic N) is 4. The molecule has 0 atom stereocenters. The number of aromatic nitrogens is 4. The normalized spacial score (nSPS) is 10.9. The van der Waals surface area contributed by atoms with Crippen LogP contribution < -0.4 is 5.32 Å². The molecule has 0 spiro atoms. The van der Waals surface area contributed by atoms with Gasteiger partial charge in [0.25, 0.3) is 0 Å². The first kappa shape index (κ1) is 19.9. The van der Waals surface area contributed by atoms with Crippen LogP contribution in [0.3, 0.4) is 0 Å². The molecule has 1 heterocycles. The predicted octanol–water partition coefficient (Wildman–Crippen LogP) is 2.35. The SMILES string of the molecule is Cc1nnc(-c2ccc(CC(=O)NCCCOCCC(C)C)cc2)nn1. The van der Waals surface area contributed by atoms with Crippen LogP contribution in [0.4, 0.5) is 0 Å². The summed E-state index contributed by atoms with van der Waals surface area (Å²) in [4.78, 5) is 12.0. The summed E-state index contributed by atoms with van der Waals surface area (Å²) >= 11 is 0. The summed E-state index contributed by atoms with van der Waals surface area (Å²) in [5.41, 5.74) is 1.76. The number of carbonyl (C=O) groups is 1. The zero-order valence-corrected chi connectivity index (χ0v) is 15.7. The summed E-state index contributed by atoms with van der Waals surface area (Å²) in [5, 5.41) is 18.7. The quantitative estimate of drug-likeness (QED) is 0.657. The fourth-order valence-electron chi connectivity index (χ4n) is 2.24. The molecule has 1 amide bonds. The summed E-state index contributed by atoms with van der Waals surface area (Å²) < 4.78 is 5.53. The fourth-order valence-corrected chi connectivity index (χ4v) is 2.24. The number of ether oxygens (including phenoxy) is 1. The highest BCUT2D eigenvalue weighted by atomic mass is 16.5. The molecule has 140 valence electrons. The smallest absolute Gasteiger partial charge is 0.224 e. The zero-order valence-electron chi connectivity index (χ0n) is 15.7. The van der Waals surface area contributed by atoms with E-state index in [0.717, 1.165) is 30.6 Å². The van der Waals surface area contributed by atoms with Gasteiger partial charge in [0.2, 0.25) is 11.7 Å². The van der Waals surface area contributed by atoms with Gasteiger partial charge in [0.15, 0.2) is 5.82 Å². The molecular formula is C19H27N5O2. The van der Waals surface area contributed by atoms with Gasteiger partial charge in [0.05, 0.1) is 6.42 Å². The maximum atomic E-state index is 12.0. The van der Waals surface area contributed by atoms with Crippen LogP contribution in [-0.4, -0.2) is 46.1 Å². The van der Waals surface area contributed by atoms with Crippen molar-refractivity contribution in [1.82, 2.24) is 25.7 Å². The van der Waals surface area contributed by atoms with E-state index in [-0.39, 0.29) is 5.91 Å². The minimum Gasteiger partial charge on any atom is -0.381 e. The average molecular weight is 357 g/mol. The minimum absolute atomic E-state index is 0.00912. The predicted molar refractivity (Wildman–Crippen MR) is 99.4 cm³/mol. The Morgan fingerprint density at radius 2 is 1.77 bits per heavy atom. The van der Waals surface area contributed by atoms with Crippen molar-refractivity contribution >= 4 is 5.91 Å². The van der Waals surface area contributed by atoms with Gasteiger partial charge < -0.3 is 10.1 Å². The minimum atomic E-state index is 0.00912. The van der Waals surface area contributed by atoms with Gasteiger partial charge >= 0.3 is 0 Å². The molecule has 2 aromatic rings. The van der Waals surface area contributed by atoms with Crippen LogP contribution in [0.2, 0.25) is 0 Å². The highest BCUT2D eigenvalue weighted by Crippen LogP contribution is 2.14. The van der Waals surface area contributed by atoms with Crippen molar-refractivity contribution in [1.29, 1.82) is 0 Å². The number of aryl methyl sites for hydroxylation is 1. The van der Waals surface area contributed by atoms with Gasteiger partial charge in [-0.1, -0.05) is 38.1 Å². The van der Waals surface area contributed by atoms with Crippen molar-refractivity contribution in [2.45, 2.75) is 40.0 Å². The molecule has 0 saturated heterocycles. The number of carbonyl (C=O) groups excluding carboxylic acids is 1. The van der Waals surface area contributed by atoms with E-state index in [1.54, 1.807) is 6.92 Å². The topological polar surface area (TPSA) is 89.9 Å². The maximum absolute atomic E-state index is 12.0. The second kappa shape index (κ2) is 10.6. The van der Waals surface area contributed by atoms with E-state index in [1.165, 1.54) is 0 Å². The maximum Gasteiger partial charge on any atom is 0.224 e. The highest BCUT2D eigenvalue weighted by molar-refractivity contribution is 5.78. The monoisotopic (exact) mass is 357 g/mol. The number of rotatable bonds is 10. The fraction of sp³-hybridized carbons (Fsp3) is 0.526. The summed E-state index contributed by atoms with van der Waals surface area (Å²) in [6.07, 6.45) is 2.25. The Morgan fingerprint density at radius 3 is 2.42 bits per heavy atom. The van der Waals surface area contributed by atoms with Crippen LogP contribution in [-0.2, 0) is 16.0 Å². The molecule has 2 rings (SSSR count). The molecule has 0 aliphatic heterocycles. The van der Waals surface area contributed by atoms with Crippen LogP contribution >= 0.6 is 0 Å². The number of amides is 1. The van der Waals surface area contributed by atoms with E-state index in [0.29, 0.717) is 37.1 Å².